The van der Waals surface area contributed by atoms with Crippen molar-refractivity contribution >= 4 is 50.4 Å². The highest BCUT2D eigenvalue weighted by molar-refractivity contribution is 7.15. The zero-order valence-corrected chi connectivity index (χ0v) is 16.7. The highest BCUT2D eigenvalue weighted by Gasteiger charge is 2.24. The molecule has 29 heavy (non-hydrogen) atoms. The molecule has 0 amide bonds. The molecule has 9 nitrogen and oxygen atoms in total. The van der Waals surface area contributed by atoms with E-state index in [0.717, 1.165) is 27.2 Å². The topological polar surface area (TPSA) is 119 Å². The van der Waals surface area contributed by atoms with Crippen LogP contribution in [0.15, 0.2) is 36.7 Å². The molecule has 0 unspecified atom stereocenters. The predicted molar refractivity (Wildman–Crippen MR) is 113 cm³/mol. The minimum Gasteiger partial charge on any atom is -0.334 e. The molecule has 0 aliphatic rings. The average molecular weight is 407 g/mol. The molecule has 146 valence electrons. The molecule has 4 aromatic rings. The van der Waals surface area contributed by atoms with Gasteiger partial charge in [-0.25, -0.2) is 15.0 Å². The minimum atomic E-state index is -0.508. The molecular formula is C19H17N7O2S. The van der Waals surface area contributed by atoms with Crippen LogP contribution in [0.4, 0.5) is 28.1 Å². The highest BCUT2D eigenvalue weighted by atomic mass is 32.1. The third kappa shape index (κ3) is 3.69. The Morgan fingerprint density at radius 3 is 2.45 bits per heavy atom. The molecule has 4 rings (SSSR count). The third-order valence-corrected chi connectivity index (χ3v) is 5.37. The van der Waals surface area contributed by atoms with Gasteiger partial charge in [0.2, 0.25) is 11.6 Å². The molecule has 10 heteroatoms. The van der Waals surface area contributed by atoms with Crippen LogP contribution in [0, 0.1) is 30.9 Å². The van der Waals surface area contributed by atoms with Crippen molar-refractivity contribution in [1.29, 1.82) is 0 Å². The lowest BCUT2D eigenvalue weighted by molar-refractivity contribution is -0.383. The Labute approximate surface area is 170 Å². The Kier molecular flexibility index (Phi) is 4.77. The maximum atomic E-state index is 11.8. The van der Waals surface area contributed by atoms with Gasteiger partial charge < -0.3 is 10.6 Å². The number of thiazole rings is 1. The molecule has 0 aliphatic carbocycles. The number of nitro groups is 1. The molecular weight excluding hydrogens is 390 g/mol. The first-order valence-corrected chi connectivity index (χ1v) is 9.58. The van der Waals surface area contributed by atoms with Gasteiger partial charge in [-0.1, -0.05) is 6.07 Å². The summed E-state index contributed by atoms with van der Waals surface area (Å²) in [7, 11) is 0. The van der Waals surface area contributed by atoms with Crippen LogP contribution >= 0.6 is 11.3 Å². The Morgan fingerprint density at radius 1 is 1.00 bits per heavy atom. The third-order valence-electron chi connectivity index (χ3n) is 4.38. The van der Waals surface area contributed by atoms with Gasteiger partial charge >= 0.3 is 5.69 Å². The number of aryl methyl sites for hydroxylation is 3. The fourth-order valence-corrected chi connectivity index (χ4v) is 3.67. The summed E-state index contributed by atoms with van der Waals surface area (Å²) in [6.45, 7) is 5.74. The summed E-state index contributed by atoms with van der Waals surface area (Å²) in [5.74, 6) is 0.168. The van der Waals surface area contributed by atoms with Crippen LogP contribution in [0.3, 0.4) is 0 Å². The molecule has 0 aliphatic heterocycles. The summed E-state index contributed by atoms with van der Waals surface area (Å²) < 4.78 is 0. The second-order valence-corrected chi connectivity index (χ2v) is 7.62. The van der Waals surface area contributed by atoms with Gasteiger partial charge in [0, 0.05) is 21.6 Å². The molecule has 2 N–H and O–H groups in total. The summed E-state index contributed by atoms with van der Waals surface area (Å²) >= 11 is 1.41. The van der Waals surface area contributed by atoms with E-state index in [2.05, 4.69) is 30.6 Å². The second kappa shape index (κ2) is 7.40. The molecule has 1 aromatic carbocycles. The van der Waals surface area contributed by atoms with Gasteiger partial charge in [0.1, 0.15) is 6.33 Å². The number of pyridine rings is 1. The number of aromatic nitrogens is 4. The maximum Gasteiger partial charge on any atom is 0.353 e. The monoisotopic (exact) mass is 407 g/mol. The van der Waals surface area contributed by atoms with E-state index in [0.29, 0.717) is 10.8 Å². The van der Waals surface area contributed by atoms with Crippen molar-refractivity contribution in [2.75, 3.05) is 10.6 Å². The van der Waals surface area contributed by atoms with Crippen LogP contribution in [0.5, 0.6) is 0 Å². The number of nitrogens with zero attached hydrogens (tertiary/aromatic N) is 5. The van der Waals surface area contributed by atoms with Gasteiger partial charge in [-0.15, -0.1) is 11.3 Å². The molecule has 3 heterocycles. The van der Waals surface area contributed by atoms with Gasteiger partial charge in [-0.3, -0.25) is 15.1 Å². The molecule has 0 fully saturated rings. The molecule has 3 aromatic heterocycles. The standard InChI is InChI=1S/C19H17N7O2S/c1-10-7-8-13-14(22-10)5-4-6-15(13)24-17-16(26(27)28)18(21-9-20-17)25-19-23-11(2)12(3)29-19/h4-9H,1-3H3,(H2,20,21,23,24,25). The second-order valence-electron chi connectivity index (χ2n) is 6.41. The first-order valence-electron chi connectivity index (χ1n) is 8.76. The summed E-state index contributed by atoms with van der Waals surface area (Å²) in [5, 5.41) is 19.2. The van der Waals surface area contributed by atoms with Crippen molar-refractivity contribution in [3.8, 4) is 0 Å². The van der Waals surface area contributed by atoms with Crippen LogP contribution in [0.1, 0.15) is 16.3 Å². The summed E-state index contributed by atoms with van der Waals surface area (Å²) in [6.07, 6.45) is 1.28. The molecule has 0 bridgehead atoms. The van der Waals surface area contributed by atoms with Gasteiger partial charge in [0.25, 0.3) is 0 Å². The SMILES string of the molecule is Cc1ccc2c(Nc3ncnc(Nc4nc(C)c(C)s4)c3[N+](=O)[O-])cccc2n1. The van der Waals surface area contributed by atoms with Crippen molar-refractivity contribution in [2.45, 2.75) is 20.8 Å². The largest absolute Gasteiger partial charge is 0.353 e. The van der Waals surface area contributed by atoms with Gasteiger partial charge in [0.05, 0.1) is 16.1 Å². The number of benzene rings is 1. The van der Waals surface area contributed by atoms with E-state index in [9.17, 15) is 10.1 Å². The normalized spacial score (nSPS) is 10.9. The lowest BCUT2D eigenvalue weighted by Crippen LogP contribution is -2.05. The Balaban J connectivity index is 1.76. The van der Waals surface area contributed by atoms with E-state index in [1.165, 1.54) is 17.7 Å². The van der Waals surface area contributed by atoms with Crippen LogP contribution in [-0.2, 0) is 0 Å². The fourth-order valence-electron chi connectivity index (χ4n) is 2.86. The van der Waals surface area contributed by atoms with E-state index in [1.54, 1.807) is 0 Å². The van der Waals surface area contributed by atoms with Crippen molar-refractivity contribution in [1.82, 2.24) is 19.9 Å². The van der Waals surface area contributed by atoms with Crippen molar-refractivity contribution < 1.29 is 4.92 Å². The number of anilines is 4. The highest BCUT2D eigenvalue weighted by Crippen LogP contribution is 2.35. The van der Waals surface area contributed by atoms with Crippen molar-refractivity contribution in [2.24, 2.45) is 0 Å². The lowest BCUT2D eigenvalue weighted by Gasteiger charge is -2.11. The van der Waals surface area contributed by atoms with Crippen LogP contribution in [0.25, 0.3) is 10.9 Å². The van der Waals surface area contributed by atoms with Crippen molar-refractivity contribution in [3.05, 3.63) is 63.0 Å². The number of fused-ring (bicyclic) bond motifs is 1. The average Bonchev–Trinajstić information content (AvgIpc) is 2.98. The van der Waals surface area contributed by atoms with Crippen LogP contribution in [0.2, 0.25) is 0 Å². The number of rotatable bonds is 5. The maximum absolute atomic E-state index is 11.8. The van der Waals surface area contributed by atoms with Gasteiger partial charge in [-0.2, -0.15) is 0 Å². The van der Waals surface area contributed by atoms with E-state index in [4.69, 9.17) is 0 Å². The van der Waals surface area contributed by atoms with Crippen LogP contribution in [-0.4, -0.2) is 24.9 Å². The molecule has 0 saturated heterocycles. The first-order chi connectivity index (χ1) is 13.9. The van der Waals surface area contributed by atoms with E-state index in [1.807, 2.05) is 51.1 Å². The summed E-state index contributed by atoms with van der Waals surface area (Å²) in [6, 6.07) is 9.37. The van der Waals surface area contributed by atoms with E-state index in [-0.39, 0.29) is 17.3 Å². The quantitative estimate of drug-likeness (QED) is 0.358. The van der Waals surface area contributed by atoms with Gasteiger partial charge in [-0.05, 0) is 45.0 Å². The number of hydrogen-bond donors (Lipinski definition) is 2. The Morgan fingerprint density at radius 2 is 1.76 bits per heavy atom. The molecule has 0 atom stereocenters. The number of nitrogens with one attached hydrogen (secondary N) is 2. The fraction of sp³-hybridized carbons (Fsp3) is 0.158. The molecule has 0 saturated carbocycles. The molecule has 0 radical (unpaired) electrons. The number of hydrogen-bond acceptors (Lipinski definition) is 9. The smallest absolute Gasteiger partial charge is 0.334 e. The van der Waals surface area contributed by atoms with Gasteiger partial charge in [0.15, 0.2) is 5.13 Å². The van der Waals surface area contributed by atoms with E-state index < -0.39 is 4.92 Å². The van der Waals surface area contributed by atoms with Crippen molar-refractivity contribution in [3.63, 3.8) is 0 Å². The summed E-state index contributed by atoms with van der Waals surface area (Å²) in [4.78, 5) is 29.4. The predicted octanol–water partition coefficient (Wildman–Crippen LogP) is 4.80. The Hall–Kier alpha value is -3.66. The van der Waals surface area contributed by atoms with Crippen LogP contribution < -0.4 is 10.6 Å². The Bertz CT molecular complexity index is 1220. The zero-order chi connectivity index (χ0) is 20.5. The van der Waals surface area contributed by atoms with E-state index >= 15 is 0 Å². The zero-order valence-electron chi connectivity index (χ0n) is 15.9. The first kappa shape index (κ1) is 18.7. The molecule has 0 spiro atoms. The summed E-state index contributed by atoms with van der Waals surface area (Å²) in [5.41, 5.74) is 2.96. The lowest BCUT2D eigenvalue weighted by atomic mass is 10.1. The minimum absolute atomic E-state index is 0.0791.